The largest absolute Gasteiger partial charge is 0.508 e. The standard InChI is InChI=1S/C24H26F2N4O3Si.C21H18F2N4O4.C13H18O5S/c1-15-11-17(31)6-7-18(15)22-19-13-27-24(33-21-8-5-16(25)12-20(21)26)28-23(19)30(29-22)14-32-9-10-34(2,3)4;1-11-6-14(30-10-13(29)9-28)3-4-15(11)19-16-8-24-21(25-20(16)27-26-19)31-18-5-2-12(22)7-17(18)23;1-10-4-6-12(7-5-10)19(14,15)17-9-11-8-16-13(2,3)18-11/h5-8,11-13,31H,9-10,14H2,1-4H3;2-8,13,28-29H,9-10H2,1H3,(H,24,25,26,27);4-7,11H,8-9H2,1-3H3. The minimum absolute atomic E-state index is 0.0203. The summed E-state index contributed by atoms with van der Waals surface area (Å²) in [6.45, 7) is 16.7. The number of aryl methyl sites for hydroxylation is 3. The van der Waals surface area contributed by atoms with Crippen molar-refractivity contribution in [2.24, 2.45) is 0 Å². The highest BCUT2D eigenvalue weighted by Gasteiger charge is 2.34. The third kappa shape index (κ3) is 16.4. The topological polar surface area (TPSA) is 258 Å². The lowest BCUT2D eigenvalue weighted by atomic mass is 10.0. The summed E-state index contributed by atoms with van der Waals surface area (Å²) in [6, 6.07) is 23.6. The van der Waals surface area contributed by atoms with E-state index < -0.39 is 53.4 Å². The number of rotatable bonds is 19. The molecule has 0 saturated carbocycles. The van der Waals surface area contributed by atoms with Crippen LogP contribution in [0.15, 0.2) is 114 Å². The molecule has 5 heterocycles. The van der Waals surface area contributed by atoms with Crippen LogP contribution in [0, 0.1) is 44.0 Å². The van der Waals surface area contributed by atoms with Crippen LogP contribution in [0.2, 0.25) is 25.7 Å². The van der Waals surface area contributed by atoms with Crippen LogP contribution in [-0.2, 0) is 35.2 Å². The van der Waals surface area contributed by atoms with E-state index in [2.05, 4.69) is 49.8 Å². The highest BCUT2D eigenvalue weighted by Crippen LogP contribution is 2.35. The zero-order valence-electron chi connectivity index (χ0n) is 47.1. The summed E-state index contributed by atoms with van der Waals surface area (Å²) in [5, 5.41) is 41.1. The van der Waals surface area contributed by atoms with Crippen molar-refractivity contribution in [1.82, 2.24) is 39.9 Å². The number of phenols is 1. The van der Waals surface area contributed by atoms with Crippen LogP contribution in [0.1, 0.15) is 30.5 Å². The van der Waals surface area contributed by atoms with Crippen LogP contribution in [-0.4, -0.2) is 123 Å². The number of aromatic hydroxyl groups is 1. The van der Waals surface area contributed by atoms with Gasteiger partial charge in [-0.05, 0) is 125 Å². The molecule has 5 aromatic carbocycles. The van der Waals surface area contributed by atoms with E-state index in [1.807, 2.05) is 26.8 Å². The number of aliphatic hydroxyl groups excluding tert-OH is 2. The average Bonchev–Trinajstić information content (AvgIpc) is 4.36. The number of halogens is 4. The maximum absolute atomic E-state index is 14.1. The Balaban J connectivity index is 0.000000171. The van der Waals surface area contributed by atoms with Gasteiger partial charge in [0.1, 0.15) is 54.4 Å². The van der Waals surface area contributed by atoms with Crippen LogP contribution >= 0.6 is 0 Å². The number of hydrogen-bond donors (Lipinski definition) is 4. The molecule has 10 rings (SSSR count). The molecule has 1 saturated heterocycles. The van der Waals surface area contributed by atoms with Gasteiger partial charge in [0, 0.05) is 50.3 Å². The summed E-state index contributed by atoms with van der Waals surface area (Å²) in [5.41, 5.74) is 6.40. The van der Waals surface area contributed by atoms with E-state index in [1.165, 1.54) is 24.4 Å². The van der Waals surface area contributed by atoms with Crippen molar-refractivity contribution in [3.63, 3.8) is 0 Å². The van der Waals surface area contributed by atoms with Gasteiger partial charge in [0.15, 0.2) is 40.2 Å². The number of aromatic nitrogens is 8. The van der Waals surface area contributed by atoms with Crippen molar-refractivity contribution < 1.29 is 73.9 Å². The smallest absolute Gasteiger partial charge is 0.324 e. The molecular formula is C58H62F4N8O12SSi. The number of aromatic amines is 1. The van der Waals surface area contributed by atoms with Gasteiger partial charge in [0.05, 0.1) is 41.2 Å². The number of nitrogens with zero attached hydrogens (tertiary/aromatic N) is 7. The van der Waals surface area contributed by atoms with Gasteiger partial charge in [-0.3, -0.25) is 9.28 Å². The van der Waals surface area contributed by atoms with E-state index in [-0.39, 0.29) is 66.8 Å². The van der Waals surface area contributed by atoms with Gasteiger partial charge >= 0.3 is 12.0 Å². The fraction of sp³-hybridized carbons (Fsp3) is 0.310. The molecule has 1 aliphatic rings. The normalized spacial score (nSPS) is 14.4. The summed E-state index contributed by atoms with van der Waals surface area (Å²) in [6.07, 6.45) is 1.73. The van der Waals surface area contributed by atoms with Gasteiger partial charge in [-0.2, -0.15) is 28.6 Å². The fourth-order valence-electron chi connectivity index (χ4n) is 8.11. The van der Waals surface area contributed by atoms with E-state index in [0.29, 0.717) is 58.5 Å². The Bertz CT molecular complexity index is 3870. The van der Waals surface area contributed by atoms with E-state index in [9.17, 15) is 36.2 Å². The first kappa shape index (κ1) is 62.1. The lowest BCUT2D eigenvalue weighted by molar-refractivity contribution is -0.141. The third-order valence-electron chi connectivity index (χ3n) is 12.5. The first-order chi connectivity index (χ1) is 39.8. The quantitative estimate of drug-likeness (QED) is 0.0254. The van der Waals surface area contributed by atoms with Crippen LogP contribution in [0.5, 0.6) is 35.0 Å². The Labute approximate surface area is 482 Å². The summed E-state index contributed by atoms with van der Waals surface area (Å²) in [5.74, 6) is -3.50. The Kier molecular flexibility index (Phi) is 19.8. The van der Waals surface area contributed by atoms with Crippen molar-refractivity contribution >= 4 is 40.3 Å². The van der Waals surface area contributed by atoms with Crippen LogP contribution in [0.25, 0.3) is 44.6 Å². The molecule has 0 aliphatic carbocycles. The van der Waals surface area contributed by atoms with Gasteiger partial charge < -0.3 is 43.7 Å². The van der Waals surface area contributed by atoms with Crippen molar-refractivity contribution in [3.05, 3.63) is 149 Å². The predicted octanol–water partition coefficient (Wildman–Crippen LogP) is 10.9. The lowest BCUT2D eigenvalue weighted by Gasteiger charge is -2.16. The van der Waals surface area contributed by atoms with Gasteiger partial charge in [0.2, 0.25) is 0 Å². The molecule has 4 N–H and O–H groups in total. The van der Waals surface area contributed by atoms with Crippen LogP contribution < -0.4 is 14.2 Å². The molecule has 20 nitrogen and oxygen atoms in total. The molecule has 1 fully saturated rings. The summed E-state index contributed by atoms with van der Waals surface area (Å²) >= 11 is 0. The second-order valence-corrected chi connectivity index (χ2v) is 28.3. The summed E-state index contributed by atoms with van der Waals surface area (Å²) in [7, 11) is -4.99. The molecule has 0 radical (unpaired) electrons. The van der Waals surface area contributed by atoms with E-state index in [4.69, 9.17) is 42.8 Å². The molecule has 2 atom stereocenters. The number of hydrogen-bond acceptors (Lipinski definition) is 18. The Morgan fingerprint density at radius 3 is 2.04 bits per heavy atom. The minimum atomic E-state index is -3.74. The number of fused-ring (bicyclic) bond motifs is 2. The zero-order chi connectivity index (χ0) is 60.5. The number of ether oxygens (including phenoxy) is 6. The molecule has 0 bridgehead atoms. The maximum atomic E-state index is 14.1. The highest BCUT2D eigenvalue weighted by molar-refractivity contribution is 7.86. The molecule has 4 aromatic heterocycles. The number of aliphatic hydroxyl groups is 2. The van der Waals surface area contributed by atoms with Gasteiger partial charge in [-0.1, -0.05) is 37.3 Å². The second-order valence-electron chi connectivity index (χ2n) is 21.1. The molecular weight excluding hydrogens is 1140 g/mol. The van der Waals surface area contributed by atoms with Crippen molar-refractivity contribution in [2.45, 2.75) is 89.9 Å². The minimum Gasteiger partial charge on any atom is -0.508 e. The van der Waals surface area contributed by atoms with Crippen molar-refractivity contribution in [1.29, 1.82) is 0 Å². The Morgan fingerprint density at radius 1 is 0.810 bits per heavy atom. The maximum Gasteiger partial charge on any atom is 0.324 e. The van der Waals surface area contributed by atoms with E-state index >= 15 is 0 Å². The molecule has 444 valence electrons. The number of phenolic OH excluding ortho intramolecular Hbond substituents is 1. The SMILES string of the molecule is Cc1cc(O)ccc1-c1nn(COCC[Si](C)(C)C)c2nc(Oc3ccc(F)cc3F)ncc12.Cc1cc(OCC(O)CO)ccc1-c1[nH]nc2nc(Oc3ccc(F)cc3F)ncc12.Cc1ccc(S(=O)(=O)OCC2COC(C)(C)O2)cc1. The van der Waals surface area contributed by atoms with Gasteiger partial charge in [-0.25, -0.2) is 32.2 Å². The van der Waals surface area contributed by atoms with Crippen molar-refractivity contribution in [3.8, 4) is 57.5 Å². The van der Waals surface area contributed by atoms with Gasteiger partial charge in [-0.15, -0.1) is 0 Å². The molecule has 1 aliphatic heterocycles. The average molecular weight is 1200 g/mol. The van der Waals surface area contributed by atoms with E-state index in [1.54, 1.807) is 67.2 Å². The van der Waals surface area contributed by atoms with Crippen LogP contribution in [0.3, 0.4) is 0 Å². The Hall–Kier alpha value is -7.95. The number of nitrogens with one attached hydrogen (secondary N) is 1. The lowest BCUT2D eigenvalue weighted by Crippen LogP contribution is -2.25. The predicted molar refractivity (Wildman–Crippen MR) is 304 cm³/mol. The summed E-state index contributed by atoms with van der Waals surface area (Å²) in [4.78, 5) is 17.1. The second kappa shape index (κ2) is 26.7. The third-order valence-corrected chi connectivity index (χ3v) is 15.5. The molecule has 0 amide bonds. The molecule has 26 heteroatoms. The molecule has 2 unspecified atom stereocenters. The monoisotopic (exact) mass is 1200 g/mol. The number of benzene rings is 5. The first-order valence-electron chi connectivity index (χ1n) is 26.2. The molecule has 0 spiro atoms. The molecule has 9 aromatic rings. The van der Waals surface area contributed by atoms with E-state index in [0.717, 1.165) is 58.1 Å². The summed E-state index contributed by atoms with van der Waals surface area (Å²) < 4.78 is 118. The number of H-pyrrole nitrogens is 1. The van der Waals surface area contributed by atoms with Gasteiger partial charge in [0.25, 0.3) is 10.1 Å². The zero-order valence-corrected chi connectivity index (χ0v) is 48.9. The first-order valence-corrected chi connectivity index (χ1v) is 31.3. The Morgan fingerprint density at radius 2 is 1.44 bits per heavy atom. The van der Waals surface area contributed by atoms with Crippen LogP contribution in [0.4, 0.5) is 17.6 Å². The fourth-order valence-corrected chi connectivity index (χ4v) is 9.81. The highest BCUT2D eigenvalue weighted by atomic mass is 32.2. The molecule has 84 heavy (non-hydrogen) atoms. The van der Waals surface area contributed by atoms with Crippen molar-refractivity contribution in [2.75, 3.05) is 33.0 Å².